The smallest absolute Gasteiger partial charge is 0.328 e. The van der Waals surface area contributed by atoms with Crippen LogP contribution in [0.2, 0.25) is 0 Å². The summed E-state index contributed by atoms with van der Waals surface area (Å²) >= 11 is 0. The first-order valence-corrected chi connectivity index (χ1v) is 7.87. The maximum atomic E-state index is 10.5. The molecular formula is C20H28NaO2. The van der Waals surface area contributed by atoms with Crippen molar-refractivity contribution in [2.24, 2.45) is 5.41 Å². The van der Waals surface area contributed by atoms with Crippen molar-refractivity contribution in [3.8, 4) is 0 Å². The molecule has 1 N–H and O–H groups in total. The maximum Gasteiger partial charge on any atom is 0.328 e. The zero-order chi connectivity index (χ0) is 16.8. The first kappa shape index (κ1) is 22.2. The average molecular weight is 323 g/mol. The SMILES string of the molecule is CC(C=CC=C(C)/C=C/C1=C(C)CCCC1(C)C)=CC(=O)O.[Na]. The summed E-state index contributed by atoms with van der Waals surface area (Å²) in [5, 5.41) is 8.65. The molecular weight excluding hydrogens is 295 g/mol. The molecule has 0 heterocycles. The second kappa shape index (κ2) is 10.1. The van der Waals surface area contributed by atoms with Crippen LogP contribution in [0.25, 0.3) is 0 Å². The van der Waals surface area contributed by atoms with E-state index in [1.165, 1.54) is 36.5 Å². The summed E-state index contributed by atoms with van der Waals surface area (Å²) in [6, 6.07) is 0. The molecule has 23 heavy (non-hydrogen) atoms. The topological polar surface area (TPSA) is 37.3 Å². The number of rotatable bonds is 5. The predicted octanol–water partition coefficient (Wildman–Crippen LogP) is 5.22. The van der Waals surface area contributed by atoms with Crippen molar-refractivity contribution >= 4 is 35.5 Å². The van der Waals surface area contributed by atoms with Gasteiger partial charge in [0.05, 0.1) is 0 Å². The van der Waals surface area contributed by atoms with Gasteiger partial charge in [-0.1, -0.05) is 55.4 Å². The fourth-order valence-corrected chi connectivity index (χ4v) is 2.88. The number of carboxylic acid groups (broad SMARTS) is 1. The van der Waals surface area contributed by atoms with E-state index < -0.39 is 5.97 Å². The van der Waals surface area contributed by atoms with Gasteiger partial charge in [-0.05, 0) is 56.6 Å². The number of carbonyl (C=O) groups is 1. The molecule has 1 rings (SSSR count). The Morgan fingerprint density at radius 2 is 1.83 bits per heavy atom. The summed E-state index contributed by atoms with van der Waals surface area (Å²) in [5.74, 6) is -0.912. The van der Waals surface area contributed by atoms with E-state index in [0.717, 1.165) is 11.1 Å². The summed E-state index contributed by atoms with van der Waals surface area (Å²) in [6.07, 6.45) is 15.0. The average Bonchev–Trinajstić information content (AvgIpc) is 2.36. The third kappa shape index (κ3) is 8.01. The number of allylic oxidation sites excluding steroid dienone is 9. The third-order valence-corrected chi connectivity index (χ3v) is 4.12. The molecule has 0 fully saturated rings. The molecule has 0 aromatic carbocycles. The molecule has 0 saturated heterocycles. The molecule has 1 aliphatic rings. The maximum absolute atomic E-state index is 10.5. The van der Waals surface area contributed by atoms with Gasteiger partial charge in [0.2, 0.25) is 0 Å². The van der Waals surface area contributed by atoms with Crippen LogP contribution in [0, 0.1) is 5.41 Å². The van der Waals surface area contributed by atoms with Crippen molar-refractivity contribution in [1.82, 2.24) is 0 Å². The largest absolute Gasteiger partial charge is 0.478 e. The van der Waals surface area contributed by atoms with Crippen LogP contribution in [0.4, 0.5) is 0 Å². The van der Waals surface area contributed by atoms with Gasteiger partial charge >= 0.3 is 5.97 Å². The van der Waals surface area contributed by atoms with Crippen LogP contribution < -0.4 is 0 Å². The summed E-state index contributed by atoms with van der Waals surface area (Å²) in [7, 11) is 0. The monoisotopic (exact) mass is 323 g/mol. The third-order valence-electron chi connectivity index (χ3n) is 4.12. The van der Waals surface area contributed by atoms with Crippen LogP contribution in [0.3, 0.4) is 0 Å². The Kier molecular flexibility index (Phi) is 9.76. The molecule has 0 unspecified atom stereocenters. The van der Waals surface area contributed by atoms with Crippen LogP contribution in [0.1, 0.15) is 53.9 Å². The number of hydrogen-bond donors (Lipinski definition) is 1. The minimum absolute atomic E-state index is 0. The van der Waals surface area contributed by atoms with Gasteiger partial charge in [0.25, 0.3) is 0 Å². The zero-order valence-electron chi connectivity index (χ0n) is 15.4. The van der Waals surface area contributed by atoms with E-state index in [-0.39, 0.29) is 35.0 Å². The second-order valence-corrected chi connectivity index (χ2v) is 6.76. The van der Waals surface area contributed by atoms with E-state index in [9.17, 15) is 4.79 Å². The quantitative estimate of drug-likeness (QED) is 0.428. The molecule has 0 amide bonds. The van der Waals surface area contributed by atoms with Gasteiger partial charge < -0.3 is 5.11 Å². The fraction of sp³-hybridized carbons (Fsp3) is 0.450. The summed E-state index contributed by atoms with van der Waals surface area (Å²) < 4.78 is 0. The normalized spacial score (nSPS) is 19.3. The summed E-state index contributed by atoms with van der Waals surface area (Å²) in [6.45, 7) is 10.7. The minimum atomic E-state index is -0.912. The summed E-state index contributed by atoms with van der Waals surface area (Å²) in [4.78, 5) is 10.5. The van der Waals surface area contributed by atoms with Gasteiger partial charge in [-0.2, -0.15) is 0 Å². The van der Waals surface area contributed by atoms with Gasteiger partial charge in [-0.15, -0.1) is 0 Å². The van der Waals surface area contributed by atoms with E-state index in [2.05, 4.69) is 39.8 Å². The molecule has 121 valence electrons. The van der Waals surface area contributed by atoms with Crippen molar-refractivity contribution in [3.63, 3.8) is 0 Å². The Labute approximate surface area is 163 Å². The first-order chi connectivity index (χ1) is 10.2. The van der Waals surface area contributed by atoms with Crippen LogP contribution in [-0.4, -0.2) is 40.6 Å². The van der Waals surface area contributed by atoms with E-state index in [4.69, 9.17) is 5.11 Å². The molecule has 0 atom stereocenters. The van der Waals surface area contributed by atoms with Crippen molar-refractivity contribution in [2.45, 2.75) is 53.9 Å². The molecule has 3 heteroatoms. The zero-order valence-corrected chi connectivity index (χ0v) is 17.4. The van der Waals surface area contributed by atoms with Gasteiger partial charge in [0.1, 0.15) is 0 Å². The van der Waals surface area contributed by atoms with E-state index >= 15 is 0 Å². The summed E-state index contributed by atoms with van der Waals surface area (Å²) in [5.41, 5.74) is 5.09. The minimum Gasteiger partial charge on any atom is -0.478 e. The Hall–Kier alpha value is -0.830. The molecule has 1 radical (unpaired) electrons. The van der Waals surface area contributed by atoms with E-state index in [0.29, 0.717) is 0 Å². The fourth-order valence-electron chi connectivity index (χ4n) is 2.88. The second-order valence-electron chi connectivity index (χ2n) is 6.76. The Balaban J connectivity index is 0.00000484. The van der Waals surface area contributed by atoms with Crippen molar-refractivity contribution in [2.75, 3.05) is 0 Å². The number of hydrogen-bond acceptors (Lipinski definition) is 1. The van der Waals surface area contributed by atoms with Crippen LogP contribution in [-0.2, 0) is 4.79 Å². The van der Waals surface area contributed by atoms with Crippen molar-refractivity contribution in [3.05, 3.63) is 58.7 Å². The van der Waals surface area contributed by atoms with E-state index in [1.54, 1.807) is 13.0 Å². The molecule has 0 saturated carbocycles. The Bertz CT molecular complexity index is 572. The number of carboxylic acids is 1. The molecule has 0 aromatic heterocycles. The molecule has 2 nitrogen and oxygen atoms in total. The van der Waals surface area contributed by atoms with Gasteiger partial charge in [-0.25, -0.2) is 4.79 Å². The Morgan fingerprint density at radius 1 is 1.17 bits per heavy atom. The molecule has 0 aromatic rings. The molecule has 0 aliphatic heterocycles. The van der Waals surface area contributed by atoms with Crippen LogP contribution in [0.15, 0.2) is 58.7 Å². The molecule has 1 aliphatic carbocycles. The van der Waals surface area contributed by atoms with Crippen LogP contribution >= 0.6 is 0 Å². The number of aliphatic carboxylic acids is 1. The van der Waals surface area contributed by atoms with Crippen molar-refractivity contribution in [1.29, 1.82) is 0 Å². The van der Waals surface area contributed by atoms with Gasteiger partial charge in [0.15, 0.2) is 0 Å². The van der Waals surface area contributed by atoms with Crippen LogP contribution in [0.5, 0.6) is 0 Å². The molecule has 0 bridgehead atoms. The van der Waals surface area contributed by atoms with Gasteiger partial charge in [-0.3, -0.25) is 0 Å². The van der Waals surface area contributed by atoms with Gasteiger partial charge in [0, 0.05) is 35.6 Å². The molecule has 0 spiro atoms. The first-order valence-electron chi connectivity index (χ1n) is 7.87. The van der Waals surface area contributed by atoms with E-state index in [1.807, 2.05) is 12.2 Å². The Morgan fingerprint density at radius 3 is 2.39 bits per heavy atom. The predicted molar refractivity (Wildman–Crippen MR) is 99.5 cm³/mol. The van der Waals surface area contributed by atoms with Crippen molar-refractivity contribution < 1.29 is 9.90 Å². The standard InChI is InChI=1S/C20H28O2.Na/c1-15(8-6-9-16(2)14-19(21)22)11-12-18-17(3)10-7-13-20(18,4)5;/h6,8-9,11-12,14H,7,10,13H2,1-5H3,(H,21,22);/b9-6?,12-11+,15-8?,16-14?;.